The van der Waals surface area contributed by atoms with Crippen molar-refractivity contribution in [2.75, 3.05) is 18.5 Å². The number of nitriles is 1. The van der Waals surface area contributed by atoms with E-state index in [1.807, 2.05) is 19.2 Å². The minimum atomic E-state index is 0.763. The van der Waals surface area contributed by atoms with E-state index in [0.717, 1.165) is 24.2 Å². The summed E-state index contributed by atoms with van der Waals surface area (Å²) in [6.45, 7) is 5.24. The molecule has 0 aliphatic rings. The third-order valence-corrected chi connectivity index (χ3v) is 2.53. The van der Waals surface area contributed by atoms with E-state index < -0.39 is 0 Å². The second-order valence-electron chi connectivity index (χ2n) is 3.91. The monoisotopic (exact) mass is 202 g/mol. The van der Waals surface area contributed by atoms with Crippen molar-refractivity contribution in [1.29, 1.82) is 5.26 Å². The van der Waals surface area contributed by atoms with E-state index in [0.29, 0.717) is 0 Å². The van der Waals surface area contributed by atoms with Crippen LogP contribution in [0.2, 0.25) is 0 Å². The van der Waals surface area contributed by atoms with Gasteiger partial charge in [-0.2, -0.15) is 5.26 Å². The number of hydrogen-bond donors (Lipinski definition) is 0. The lowest BCUT2D eigenvalue weighted by Crippen LogP contribution is -2.19. The third kappa shape index (κ3) is 2.99. The fraction of sp³-hybridized carbons (Fsp3) is 0.462. The highest BCUT2D eigenvalue weighted by molar-refractivity contribution is 5.60. The zero-order chi connectivity index (χ0) is 11.3. The van der Waals surface area contributed by atoms with Gasteiger partial charge >= 0.3 is 0 Å². The van der Waals surface area contributed by atoms with Crippen LogP contribution in [0.25, 0.3) is 0 Å². The molecule has 0 amide bonds. The fourth-order valence-electron chi connectivity index (χ4n) is 1.57. The molecule has 1 rings (SSSR count). The molecule has 0 atom stereocenters. The van der Waals surface area contributed by atoms with E-state index in [-0.39, 0.29) is 0 Å². The van der Waals surface area contributed by atoms with Gasteiger partial charge in [-0.25, -0.2) is 0 Å². The summed E-state index contributed by atoms with van der Waals surface area (Å²) in [7, 11) is 2.05. The summed E-state index contributed by atoms with van der Waals surface area (Å²) >= 11 is 0. The van der Waals surface area contributed by atoms with Crippen molar-refractivity contribution in [3.63, 3.8) is 0 Å². The Labute approximate surface area is 92.1 Å². The summed E-state index contributed by atoms with van der Waals surface area (Å²) in [5, 5.41) is 9.01. The molecule has 2 heteroatoms. The predicted octanol–water partition coefficient (Wildman–Crippen LogP) is 3.10. The van der Waals surface area contributed by atoms with Crippen molar-refractivity contribution in [2.45, 2.75) is 26.7 Å². The van der Waals surface area contributed by atoms with Crippen molar-refractivity contribution in [3.8, 4) is 6.07 Å². The molecule has 0 aliphatic carbocycles. The number of aryl methyl sites for hydroxylation is 1. The highest BCUT2D eigenvalue weighted by atomic mass is 15.1. The van der Waals surface area contributed by atoms with Gasteiger partial charge in [0.05, 0.1) is 11.3 Å². The van der Waals surface area contributed by atoms with Crippen LogP contribution >= 0.6 is 0 Å². The molecule has 2 nitrogen and oxygen atoms in total. The van der Waals surface area contributed by atoms with Gasteiger partial charge in [0.25, 0.3) is 0 Å². The lowest BCUT2D eigenvalue weighted by molar-refractivity contribution is 0.766. The summed E-state index contributed by atoms with van der Waals surface area (Å²) < 4.78 is 0. The Morgan fingerprint density at radius 2 is 2.13 bits per heavy atom. The van der Waals surface area contributed by atoms with Crippen LogP contribution in [0.4, 0.5) is 5.69 Å². The first-order valence-electron chi connectivity index (χ1n) is 5.41. The van der Waals surface area contributed by atoms with Crippen molar-refractivity contribution < 1.29 is 0 Å². The molecule has 1 aromatic rings. The average Bonchev–Trinajstić information content (AvgIpc) is 2.25. The Bertz CT molecular complexity index is 363. The maximum atomic E-state index is 9.01. The molecule has 0 aliphatic heterocycles. The van der Waals surface area contributed by atoms with Crippen LogP contribution in [0.5, 0.6) is 0 Å². The Hall–Kier alpha value is -1.49. The van der Waals surface area contributed by atoms with Gasteiger partial charge in [0.1, 0.15) is 6.07 Å². The second-order valence-corrected chi connectivity index (χ2v) is 3.91. The molecule has 0 fully saturated rings. The van der Waals surface area contributed by atoms with Crippen LogP contribution < -0.4 is 4.90 Å². The van der Waals surface area contributed by atoms with E-state index >= 15 is 0 Å². The quantitative estimate of drug-likeness (QED) is 0.750. The molecule has 1 aromatic carbocycles. The number of anilines is 1. The molecule has 0 unspecified atom stereocenters. The van der Waals surface area contributed by atoms with Crippen molar-refractivity contribution in [1.82, 2.24) is 0 Å². The third-order valence-electron chi connectivity index (χ3n) is 2.53. The molecule has 0 N–H and O–H groups in total. The molecule has 0 saturated carbocycles. The molecule has 0 aromatic heterocycles. The van der Waals surface area contributed by atoms with Gasteiger partial charge in [-0.15, -0.1) is 0 Å². The van der Waals surface area contributed by atoms with Gasteiger partial charge in [-0.05, 0) is 31.0 Å². The smallest absolute Gasteiger partial charge is 0.101 e. The van der Waals surface area contributed by atoms with E-state index in [2.05, 4.69) is 30.9 Å². The predicted molar refractivity (Wildman–Crippen MR) is 64.1 cm³/mol. The number of nitrogens with zero attached hydrogens (tertiary/aromatic N) is 2. The van der Waals surface area contributed by atoms with Gasteiger partial charge in [0.2, 0.25) is 0 Å². The molecular formula is C13H18N2. The van der Waals surface area contributed by atoms with E-state index in [4.69, 9.17) is 5.26 Å². The molecule has 0 spiro atoms. The van der Waals surface area contributed by atoms with Gasteiger partial charge in [-0.3, -0.25) is 0 Å². The van der Waals surface area contributed by atoms with Crippen LogP contribution in [-0.2, 0) is 0 Å². The summed E-state index contributed by atoms with van der Waals surface area (Å²) in [4.78, 5) is 2.16. The largest absolute Gasteiger partial charge is 0.374 e. The first-order chi connectivity index (χ1) is 7.19. The van der Waals surface area contributed by atoms with E-state index in [1.54, 1.807) is 0 Å². The molecule has 15 heavy (non-hydrogen) atoms. The van der Waals surface area contributed by atoms with Crippen molar-refractivity contribution in [2.24, 2.45) is 0 Å². The van der Waals surface area contributed by atoms with Gasteiger partial charge in [0.15, 0.2) is 0 Å². The normalized spacial score (nSPS) is 9.73. The van der Waals surface area contributed by atoms with E-state index in [9.17, 15) is 0 Å². The Kier molecular flexibility index (Phi) is 4.17. The summed E-state index contributed by atoms with van der Waals surface area (Å²) in [6.07, 6.45) is 2.34. The van der Waals surface area contributed by atoms with Crippen molar-refractivity contribution in [3.05, 3.63) is 29.3 Å². The lowest BCUT2D eigenvalue weighted by Gasteiger charge is -2.20. The SMILES string of the molecule is CCCCN(C)c1cc(C)ccc1C#N. The second kappa shape index (κ2) is 5.41. The Balaban J connectivity index is 2.91. The topological polar surface area (TPSA) is 27.0 Å². The molecule has 0 heterocycles. The van der Waals surface area contributed by atoms with Gasteiger partial charge in [-0.1, -0.05) is 19.4 Å². The zero-order valence-electron chi connectivity index (χ0n) is 9.75. The molecular weight excluding hydrogens is 184 g/mol. The summed E-state index contributed by atoms with van der Waals surface area (Å²) in [6, 6.07) is 8.19. The van der Waals surface area contributed by atoms with Crippen LogP contribution in [0, 0.1) is 18.3 Å². The Morgan fingerprint density at radius 3 is 2.73 bits per heavy atom. The van der Waals surface area contributed by atoms with Crippen LogP contribution in [0.15, 0.2) is 18.2 Å². The highest BCUT2D eigenvalue weighted by Crippen LogP contribution is 2.20. The van der Waals surface area contributed by atoms with Crippen LogP contribution in [0.1, 0.15) is 30.9 Å². The van der Waals surface area contributed by atoms with E-state index in [1.165, 1.54) is 12.0 Å². The Morgan fingerprint density at radius 1 is 1.40 bits per heavy atom. The molecule has 0 bridgehead atoms. The number of rotatable bonds is 4. The first-order valence-corrected chi connectivity index (χ1v) is 5.41. The van der Waals surface area contributed by atoms with Crippen LogP contribution in [-0.4, -0.2) is 13.6 Å². The number of unbranched alkanes of at least 4 members (excludes halogenated alkanes) is 1. The standard InChI is InChI=1S/C13H18N2/c1-4-5-8-15(3)13-9-11(2)6-7-12(13)10-14/h6-7,9H,4-5,8H2,1-3H3. The number of hydrogen-bond acceptors (Lipinski definition) is 2. The molecule has 80 valence electrons. The maximum absolute atomic E-state index is 9.01. The average molecular weight is 202 g/mol. The maximum Gasteiger partial charge on any atom is 0.101 e. The fourth-order valence-corrected chi connectivity index (χ4v) is 1.57. The van der Waals surface area contributed by atoms with Crippen LogP contribution in [0.3, 0.4) is 0 Å². The van der Waals surface area contributed by atoms with Gasteiger partial charge < -0.3 is 4.90 Å². The zero-order valence-corrected chi connectivity index (χ0v) is 9.75. The number of benzene rings is 1. The summed E-state index contributed by atoms with van der Waals surface area (Å²) in [5.74, 6) is 0. The van der Waals surface area contributed by atoms with Crippen molar-refractivity contribution >= 4 is 5.69 Å². The minimum absolute atomic E-state index is 0.763. The highest BCUT2D eigenvalue weighted by Gasteiger charge is 2.06. The minimum Gasteiger partial charge on any atom is -0.374 e. The lowest BCUT2D eigenvalue weighted by atomic mass is 10.1. The molecule has 0 radical (unpaired) electrons. The summed E-state index contributed by atoms with van der Waals surface area (Å²) in [5.41, 5.74) is 3.01. The molecule has 0 saturated heterocycles. The van der Waals surface area contributed by atoms with Gasteiger partial charge in [0, 0.05) is 13.6 Å². The first kappa shape index (κ1) is 11.6.